The van der Waals surface area contributed by atoms with Crippen LogP contribution in [0.15, 0.2) is 24.4 Å². The van der Waals surface area contributed by atoms with Crippen molar-refractivity contribution in [2.45, 2.75) is 0 Å². The molecule has 1 rings (SSSR count). The van der Waals surface area contributed by atoms with Crippen molar-refractivity contribution >= 4 is 0 Å². The van der Waals surface area contributed by atoms with Crippen molar-refractivity contribution in [2.24, 2.45) is 0 Å². The van der Waals surface area contributed by atoms with Gasteiger partial charge in [-0.2, -0.15) is 0 Å². The molecule has 1 aliphatic heterocycles. The molecule has 0 radical (unpaired) electrons. The van der Waals surface area contributed by atoms with Crippen LogP contribution in [-0.4, -0.2) is 11.3 Å². The highest BCUT2D eigenvalue weighted by Gasteiger charge is 1.99. The number of rotatable bonds is 0. The summed E-state index contributed by atoms with van der Waals surface area (Å²) in [5.41, 5.74) is 0. The molecule has 1 aliphatic rings. The Balaban J connectivity index is 0.000000490. The first-order chi connectivity index (χ1) is 3.39. The van der Waals surface area contributed by atoms with Crippen LogP contribution in [0.5, 0.6) is 0 Å². The molecule has 0 amide bonds. The van der Waals surface area contributed by atoms with Crippen molar-refractivity contribution in [1.82, 2.24) is 0 Å². The molecule has 2 nitrogen and oxygen atoms in total. The van der Waals surface area contributed by atoms with Crippen LogP contribution in [0.2, 0.25) is 0 Å². The van der Waals surface area contributed by atoms with E-state index in [0.717, 1.165) is 4.76 Å². The minimum atomic E-state index is 0. The average Bonchev–Trinajstić information content (AvgIpc) is 1.69. The lowest BCUT2D eigenvalue weighted by atomic mass is 10.4. The maximum absolute atomic E-state index is 10.2. The number of halogens is 1. The largest absolute Gasteiger partial charge is 1.00 e. The van der Waals surface area contributed by atoms with E-state index >= 15 is 0 Å². The van der Waals surface area contributed by atoms with Crippen molar-refractivity contribution in [3.63, 3.8) is 0 Å². The molecule has 3 heteroatoms. The third-order valence-corrected chi connectivity index (χ3v) is 0.785. The fraction of sp³-hybridized carbons (Fsp3) is 0.200. The van der Waals surface area contributed by atoms with Gasteiger partial charge in [0.2, 0.25) is 12.7 Å². The SMILES string of the molecule is O=[N+]1C=CC=CC1.[Cl-]. The first-order valence-electron chi connectivity index (χ1n) is 2.17. The highest BCUT2D eigenvalue weighted by atomic mass is 35.5. The van der Waals surface area contributed by atoms with Gasteiger partial charge in [0.1, 0.15) is 0 Å². The van der Waals surface area contributed by atoms with Gasteiger partial charge in [-0.25, -0.2) is 0 Å². The Hall–Kier alpha value is -0.630. The summed E-state index contributed by atoms with van der Waals surface area (Å²) in [7, 11) is 0. The first kappa shape index (κ1) is 7.37. The highest BCUT2D eigenvalue weighted by molar-refractivity contribution is 5.01. The Morgan fingerprint density at radius 1 is 1.38 bits per heavy atom. The van der Waals surface area contributed by atoms with Crippen LogP contribution in [-0.2, 0) is 0 Å². The number of allylic oxidation sites excluding steroid dienone is 2. The molecule has 0 aromatic heterocycles. The molecule has 0 N–H and O–H groups in total. The second kappa shape index (κ2) is 3.38. The Bertz CT molecular complexity index is 139. The minimum absolute atomic E-state index is 0. The normalized spacial score (nSPS) is 15.8. The molecule has 1 heterocycles. The Kier molecular flexibility index (Phi) is 3.12. The predicted molar refractivity (Wildman–Crippen MR) is 26.8 cm³/mol. The van der Waals surface area contributed by atoms with Crippen LogP contribution < -0.4 is 12.4 Å². The molecule has 0 unspecified atom stereocenters. The number of hydrogen-bond donors (Lipinski definition) is 0. The Morgan fingerprint density at radius 2 is 2.12 bits per heavy atom. The average molecular weight is 132 g/mol. The maximum atomic E-state index is 10.2. The van der Waals surface area contributed by atoms with Gasteiger partial charge in [-0.1, -0.05) is 6.08 Å². The molecule has 0 spiro atoms. The van der Waals surface area contributed by atoms with Crippen LogP contribution in [0.1, 0.15) is 0 Å². The van der Waals surface area contributed by atoms with E-state index in [-0.39, 0.29) is 12.4 Å². The lowest BCUT2D eigenvalue weighted by molar-refractivity contribution is -0.469. The van der Waals surface area contributed by atoms with Crippen molar-refractivity contribution in [3.8, 4) is 0 Å². The third kappa shape index (κ3) is 1.89. The van der Waals surface area contributed by atoms with Crippen LogP contribution in [0.25, 0.3) is 0 Å². The van der Waals surface area contributed by atoms with E-state index in [9.17, 15) is 4.91 Å². The van der Waals surface area contributed by atoms with Crippen molar-refractivity contribution < 1.29 is 17.2 Å². The second-order valence-electron chi connectivity index (χ2n) is 1.37. The molecular weight excluding hydrogens is 126 g/mol. The summed E-state index contributed by atoms with van der Waals surface area (Å²) in [5.74, 6) is 0. The zero-order valence-corrected chi connectivity index (χ0v) is 5.01. The fourth-order valence-corrected chi connectivity index (χ4v) is 0.450. The standard InChI is InChI=1S/C5H6NO.ClH/c7-6-4-2-1-3-5-6;/h1-4H,5H2;1H/q+1;/p-1. The van der Waals surface area contributed by atoms with Gasteiger partial charge in [-0.05, 0) is 6.08 Å². The van der Waals surface area contributed by atoms with Crippen LogP contribution in [0.3, 0.4) is 0 Å². The third-order valence-electron chi connectivity index (χ3n) is 0.785. The van der Waals surface area contributed by atoms with Crippen molar-refractivity contribution in [3.05, 3.63) is 29.3 Å². The molecule has 0 atom stereocenters. The first-order valence-corrected chi connectivity index (χ1v) is 2.17. The Labute approximate surface area is 53.9 Å². The molecule has 0 aromatic rings. The van der Waals surface area contributed by atoms with E-state index in [1.807, 2.05) is 12.2 Å². The number of hydrogen-bond acceptors (Lipinski definition) is 1. The maximum Gasteiger partial charge on any atom is 0.221 e. The highest BCUT2D eigenvalue weighted by Crippen LogP contribution is 1.87. The van der Waals surface area contributed by atoms with Gasteiger partial charge in [0.05, 0.1) is 0 Å². The van der Waals surface area contributed by atoms with E-state index < -0.39 is 0 Å². The molecule has 0 fully saturated rings. The zero-order chi connectivity index (χ0) is 5.11. The molecule has 8 heavy (non-hydrogen) atoms. The lowest BCUT2D eigenvalue weighted by Crippen LogP contribution is -3.00. The van der Waals surface area contributed by atoms with Gasteiger partial charge in [-0.15, -0.1) is 0 Å². The van der Waals surface area contributed by atoms with Crippen molar-refractivity contribution in [1.29, 1.82) is 0 Å². The topological polar surface area (TPSA) is 20.1 Å². The summed E-state index contributed by atoms with van der Waals surface area (Å²) in [4.78, 5) is 10.2. The second-order valence-corrected chi connectivity index (χ2v) is 1.37. The molecule has 0 aliphatic carbocycles. The number of nitroso groups, excluding NO2 is 1. The molecule has 44 valence electrons. The lowest BCUT2D eigenvalue weighted by Gasteiger charge is -1.81. The van der Waals surface area contributed by atoms with Gasteiger partial charge in [0, 0.05) is 15.7 Å². The minimum Gasteiger partial charge on any atom is -1.00 e. The Morgan fingerprint density at radius 3 is 2.38 bits per heavy atom. The van der Waals surface area contributed by atoms with E-state index in [1.54, 1.807) is 6.08 Å². The van der Waals surface area contributed by atoms with E-state index in [1.165, 1.54) is 6.20 Å². The van der Waals surface area contributed by atoms with Crippen LogP contribution >= 0.6 is 0 Å². The van der Waals surface area contributed by atoms with Gasteiger partial charge in [0.15, 0.2) is 0 Å². The summed E-state index contributed by atoms with van der Waals surface area (Å²) in [6.07, 6.45) is 6.89. The zero-order valence-electron chi connectivity index (χ0n) is 4.25. The molecule has 0 bridgehead atoms. The predicted octanol–water partition coefficient (Wildman–Crippen LogP) is -2.15. The van der Waals surface area contributed by atoms with Crippen LogP contribution in [0, 0.1) is 4.91 Å². The molecular formula is C5H6ClNO. The summed E-state index contributed by atoms with van der Waals surface area (Å²) in [6.45, 7) is 0.497. The molecule has 0 saturated carbocycles. The van der Waals surface area contributed by atoms with Gasteiger partial charge < -0.3 is 12.4 Å². The summed E-state index contributed by atoms with van der Waals surface area (Å²) < 4.78 is 0.875. The summed E-state index contributed by atoms with van der Waals surface area (Å²) >= 11 is 0. The molecule has 0 aromatic carbocycles. The van der Waals surface area contributed by atoms with Crippen molar-refractivity contribution in [2.75, 3.05) is 6.54 Å². The quantitative estimate of drug-likeness (QED) is 0.344. The fourth-order valence-electron chi connectivity index (χ4n) is 0.450. The van der Waals surface area contributed by atoms with Gasteiger partial charge in [0.25, 0.3) is 0 Å². The van der Waals surface area contributed by atoms with E-state index in [2.05, 4.69) is 0 Å². The summed E-state index contributed by atoms with van der Waals surface area (Å²) in [6, 6.07) is 0. The monoisotopic (exact) mass is 131 g/mol. The van der Waals surface area contributed by atoms with Gasteiger partial charge >= 0.3 is 0 Å². The molecule has 0 saturated heterocycles. The van der Waals surface area contributed by atoms with Crippen LogP contribution in [0.4, 0.5) is 0 Å². The summed E-state index contributed by atoms with van der Waals surface area (Å²) in [5, 5.41) is 0. The number of nitrogens with zero attached hydrogens (tertiary/aromatic N) is 1. The smallest absolute Gasteiger partial charge is 0.221 e. The van der Waals surface area contributed by atoms with E-state index in [4.69, 9.17) is 0 Å². The van der Waals surface area contributed by atoms with E-state index in [0.29, 0.717) is 6.54 Å². The van der Waals surface area contributed by atoms with Gasteiger partial charge in [-0.3, -0.25) is 0 Å².